The van der Waals surface area contributed by atoms with Gasteiger partial charge in [0.15, 0.2) is 0 Å². The van der Waals surface area contributed by atoms with Gasteiger partial charge in [-0.1, -0.05) is 15.9 Å². The first-order valence-corrected chi connectivity index (χ1v) is 10.3. The van der Waals surface area contributed by atoms with Crippen molar-refractivity contribution in [3.05, 3.63) is 46.1 Å². The molecule has 0 unspecified atom stereocenters. The topological polar surface area (TPSA) is 52.6 Å². The number of rotatable bonds is 3. The third kappa shape index (κ3) is 4.08. The Morgan fingerprint density at radius 1 is 0.926 bits per heavy atom. The van der Waals surface area contributed by atoms with Crippen LogP contribution in [-0.4, -0.2) is 60.0 Å². The van der Waals surface area contributed by atoms with E-state index in [1.807, 2.05) is 36.1 Å². The molecule has 0 N–H and O–H groups in total. The standard InChI is InChI=1S/C20H24BrN5O/c1-15-14-18(24-8-2-3-9-24)23-20(22-15)26-12-10-25(11-13-26)19(27)16-4-6-17(21)7-5-16/h4-7,14H,2-3,8-13H2,1H3. The molecular weight excluding hydrogens is 406 g/mol. The average molecular weight is 430 g/mol. The van der Waals surface area contributed by atoms with Crippen LogP contribution in [0.5, 0.6) is 0 Å². The van der Waals surface area contributed by atoms with Crippen molar-refractivity contribution in [1.82, 2.24) is 14.9 Å². The molecule has 142 valence electrons. The first-order valence-electron chi connectivity index (χ1n) is 9.50. The highest BCUT2D eigenvalue weighted by atomic mass is 79.9. The van der Waals surface area contributed by atoms with E-state index < -0.39 is 0 Å². The van der Waals surface area contributed by atoms with Crippen molar-refractivity contribution in [2.75, 3.05) is 49.1 Å². The zero-order valence-corrected chi connectivity index (χ0v) is 17.2. The van der Waals surface area contributed by atoms with Gasteiger partial charge < -0.3 is 14.7 Å². The largest absolute Gasteiger partial charge is 0.356 e. The summed E-state index contributed by atoms with van der Waals surface area (Å²) in [5.74, 6) is 1.90. The van der Waals surface area contributed by atoms with Gasteiger partial charge in [-0.15, -0.1) is 0 Å². The lowest BCUT2D eigenvalue weighted by atomic mass is 10.2. The number of halogens is 1. The summed E-state index contributed by atoms with van der Waals surface area (Å²) in [5.41, 5.74) is 1.73. The summed E-state index contributed by atoms with van der Waals surface area (Å²) in [7, 11) is 0. The molecule has 0 spiro atoms. The van der Waals surface area contributed by atoms with Crippen molar-refractivity contribution >= 4 is 33.6 Å². The summed E-state index contributed by atoms with van der Waals surface area (Å²) in [5, 5.41) is 0. The average Bonchev–Trinajstić information content (AvgIpc) is 3.23. The minimum Gasteiger partial charge on any atom is -0.356 e. The van der Waals surface area contributed by atoms with Crippen molar-refractivity contribution in [2.24, 2.45) is 0 Å². The van der Waals surface area contributed by atoms with Crippen LogP contribution in [0.2, 0.25) is 0 Å². The Labute approximate surface area is 168 Å². The van der Waals surface area contributed by atoms with Crippen LogP contribution in [0, 0.1) is 6.92 Å². The highest BCUT2D eigenvalue weighted by Crippen LogP contribution is 2.22. The third-order valence-corrected chi connectivity index (χ3v) is 5.73. The smallest absolute Gasteiger partial charge is 0.253 e. The highest BCUT2D eigenvalue weighted by Gasteiger charge is 2.24. The number of carbonyl (C=O) groups is 1. The number of amides is 1. The van der Waals surface area contributed by atoms with Gasteiger partial charge in [0.25, 0.3) is 5.91 Å². The van der Waals surface area contributed by atoms with Crippen LogP contribution >= 0.6 is 15.9 Å². The molecule has 0 aliphatic carbocycles. The van der Waals surface area contributed by atoms with E-state index in [0.717, 1.165) is 53.7 Å². The number of aryl methyl sites for hydroxylation is 1. The Kier molecular flexibility index (Phi) is 5.29. The SMILES string of the molecule is Cc1cc(N2CCCC2)nc(N2CCN(C(=O)c3ccc(Br)cc3)CC2)n1. The highest BCUT2D eigenvalue weighted by molar-refractivity contribution is 9.10. The second kappa shape index (κ2) is 7.84. The van der Waals surface area contributed by atoms with Crippen molar-refractivity contribution in [3.63, 3.8) is 0 Å². The number of hydrogen-bond acceptors (Lipinski definition) is 5. The quantitative estimate of drug-likeness (QED) is 0.749. The number of anilines is 2. The monoisotopic (exact) mass is 429 g/mol. The zero-order valence-electron chi connectivity index (χ0n) is 15.6. The molecule has 0 bridgehead atoms. The van der Waals surface area contributed by atoms with E-state index in [9.17, 15) is 4.79 Å². The molecule has 4 rings (SSSR count). The predicted molar refractivity (Wildman–Crippen MR) is 110 cm³/mol. The van der Waals surface area contributed by atoms with Gasteiger partial charge in [0.1, 0.15) is 5.82 Å². The van der Waals surface area contributed by atoms with Crippen molar-refractivity contribution in [1.29, 1.82) is 0 Å². The van der Waals surface area contributed by atoms with E-state index in [2.05, 4.69) is 36.8 Å². The summed E-state index contributed by atoms with van der Waals surface area (Å²) >= 11 is 3.41. The van der Waals surface area contributed by atoms with Crippen molar-refractivity contribution < 1.29 is 4.79 Å². The molecule has 3 heterocycles. The maximum atomic E-state index is 12.7. The van der Waals surface area contributed by atoms with Gasteiger partial charge in [0.05, 0.1) is 0 Å². The van der Waals surface area contributed by atoms with Crippen molar-refractivity contribution in [3.8, 4) is 0 Å². The second-order valence-corrected chi connectivity index (χ2v) is 8.06. The Morgan fingerprint density at radius 3 is 2.26 bits per heavy atom. The number of hydrogen-bond donors (Lipinski definition) is 0. The lowest BCUT2D eigenvalue weighted by molar-refractivity contribution is 0.0746. The minimum atomic E-state index is 0.0880. The Hall–Kier alpha value is -2.15. The molecule has 1 aromatic carbocycles. The van der Waals surface area contributed by atoms with E-state index in [4.69, 9.17) is 4.98 Å². The van der Waals surface area contributed by atoms with Gasteiger partial charge in [-0.25, -0.2) is 4.98 Å². The van der Waals surface area contributed by atoms with Gasteiger partial charge in [0.2, 0.25) is 5.95 Å². The summed E-state index contributed by atoms with van der Waals surface area (Å²) in [6.07, 6.45) is 2.46. The minimum absolute atomic E-state index is 0.0880. The van der Waals surface area contributed by atoms with Crippen LogP contribution in [-0.2, 0) is 0 Å². The fraction of sp³-hybridized carbons (Fsp3) is 0.450. The fourth-order valence-electron chi connectivity index (χ4n) is 3.67. The number of aromatic nitrogens is 2. The lowest BCUT2D eigenvalue weighted by Gasteiger charge is -2.35. The van der Waals surface area contributed by atoms with Gasteiger partial charge in [0, 0.05) is 61.1 Å². The molecule has 1 aromatic heterocycles. The van der Waals surface area contributed by atoms with Crippen LogP contribution in [0.1, 0.15) is 28.9 Å². The van der Waals surface area contributed by atoms with Gasteiger partial charge in [-0.2, -0.15) is 4.98 Å². The molecule has 2 saturated heterocycles. The molecule has 2 aliphatic rings. The summed E-state index contributed by atoms with van der Waals surface area (Å²) in [4.78, 5) is 28.6. The molecule has 2 aromatic rings. The summed E-state index contributed by atoms with van der Waals surface area (Å²) < 4.78 is 0.981. The van der Waals surface area contributed by atoms with Crippen LogP contribution in [0.3, 0.4) is 0 Å². The van der Waals surface area contributed by atoms with Gasteiger partial charge in [-0.05, 0) is 44.0 Å². The molecule has 0 radical (unpaired) electrons. The zero-order chi connectivity index (χ0) is 18.8. The fourth-order valence-corrected chi connectivity index (χ4v) is 3.94. The van der Waals surface area contributed by atoms with Gasteiger partial charge in [-0.3, -0.25) is 4.79 Å². The second-order valence-electron chi connectivity index (χ2n) is 7.15. The van der Waals surface area contributed by atoms with E-state index in [-0.39, 0.29) is 5.91 Å². The molecule has 7 heteroatoms. The van der Waals surface area contributed by atoms with Gasteiger partial charge >= 0.3 is 0 Å². The number of benzene rings is 1. The molecule has 27 heavy (non-hydrogen) atoms. The van der Waals surface area contributed by atoms with E-state index >= 15 is 0 Å². The molecule has 6 nitrogen and oxygen atoms in total. The molecule has 1 amide bonds. The van der Waals surface area contributed by atoms with E-state index in [1.54, 1.807) is 0 Å². The van der Waals surface area contributed by atoms with Crippen LogP contribution in [0.4, 0.5) is 11.8 Å². The van der Waals surface area contributed by atoms with E-state index in [0.29, 0.717) is 13.1 Å². The number of piperazine rings is 1. The maximum Gasteiger partial charge on any atom is 0.253 e. The summed E-state index contributed by atoms with van der Waals surface area (Å²) in [6, 6.07) is 9.62. The molecule has 0 saturated carbocycles. The Bertz CT molecular complexity index is 812. The number of nitrogens with zero attached hydrogens (tertiary/aromatic N) is 5. The summed E-state index contributed by atoms with van der Waals surface area (Å²) in [6.45, 7) is 7.06. The maximum absolute atomic E-state index is 12.7. The molecular formula is C20H24BrN5O. The Balaban J connectivity index is 1.43. The molecule has 2 fully saturated rings. The van der Waals surface area contributed by atoms with E-state index in [1.165, 1.54) is 12.8 Å². The van der Waals surface area contributed by atoms with Crippen LogP contribution in [0.25, 0.3) is 0 Å². The predicted octanol–water partition coefficient (Wildman–Crippen LogP) is 3.11. The Morgan fingerprint density at radius 2 is 1.59 bits per heavy atom. The molecule has 0 atom stereocenters. The van der Waals surface area contributed by atoms with Crippen LogP contribution in [0.15, 0.2) is 34.8 Å². The first kappa shape index (κ1) is 18.2. The lowest BCUT2D eigenvalue weighted by Crippen LogP contribution is -2.49. The first-order chi connectivity index (χ1) is 13.1. The number of carbonyl (C=O) groups excluding carboxylic acids is 1. The molecule has 2 aliphatic heterocycles. The third-order valence-electron chi connectivity index (χ3n) is 5.20. The van der Waals surface area contributed by atoms with Crippen molar-refractivity contribution in [2.45, 2.75) is 19.8 Å². The normalized spacial score (nSPS) is 17.5. The van der Waals surface area contributed by atoms with Crippen LogP contribution < -0.4 is 9.80 Å².